The van der Waals surface area contributed by atoms with Gasteiger partial charge in [0, 0.05) is 11.4 Å². The number of hydrogen-bond acceptors (Lipinski definition) is 2. The Morgan fingerprint density at radius 1 is 1.60 bits per heavy atom. The number of hydrogen-bond donors (Lipinski definition) is 1. The lowest BCUT2D eigenvalue weighted by molar-refractivity contribution is 0.747. The monoisotopic (exact) mass is 157 g/mol. The van der Waals surface area contributed by atoms with Gasteiger partial charge in [0.1, 0.15) is 0 Å². The van der Waals surface area contributed by atoms with Gasteiger partial charge in [-0.1, -0.05) is 31.6 Å². The Balaban J connectivity index is 4.18. The molecule has 0 aromatic rings. The molecule has 0 atom stereocenters. The van der Waals surface area contributed by atoms with Crippen LogP contribution in [0.25, 0.3) is 0 Å². The molecule has 0 saturated heterocycles. The van der Waals surface area contributed by atoms with Crippen molar-refractivity contribution in [2.45, 2.75) is 20.8 Å². The van der Waals surface area contributed by atoms with Gasteiger partial charge in [-0.15, -0.1) is 0 Å². The van der Waals surface area contributed by atoms with Crippen molar-refractivity contribution in [1.29, 1.82) is 0 Å². The van der Waals surface area contributed by atoms with E-state index >= 15 is 0 Å². The van der Waals surface area contributed by atoms with Crippen molar-refractivity contribution in [2.75, 3.05) is 6.54 Å². The molecule has 0 fully saturated rings. The molecule has 2 heteroatoms. The first-order chi connectivity index (χ1) is 4.57. The van der Waals surface area contributed by atoms with Gasteiger partial charge in [-0.05, 0) is 18.9 Å². The fraction of sp³-hybridized carbons (Fsp3) is 0.625. The van der Waals surface area contributed by atoms with Gasteiger partial charge in [0.2, 0.25) is 0 Å². The van der Waals surface area contributed by atoms with Crippen LogP contribution in [0.3, 0.4) is 0 Å². The average molecular weight is 157 g/mol. The van der Waals surface area contributed by atoms with E-state index in [1.807, 2.05) is 13.0 Å². The molecule has 0 aliphatic heterocycles. The zero-order valence-corrected chi connectivity index (χ0v) is 7.66. The Hall–Kier alpha value is -0.210. The molecule has 0 saturated carbocycles. The molecule has 10 heavy (non-hydrogen) atoms. The summed E-state index contributed by atoms with van der Waals surface area (Å²) in [5.41, 5.74) is 6.72. The third-order valence-corrected chi connectivity index (χ3v) is 1.48. The lowest BCUT2D eigenvalue weighted by Crippen LogP contribution is -2.09. The van der Waals surface area contributed by atoms with Gasteiger partial charge < -0.3 is 5.73 Å². The third kappa shape index (κ3) is 3.75. The number of nitrogens with two attached hydrogens (primary N) is 1. The summed E-state index contributed by atoms with van der Waals surface area (Å²) in [5, 5.41) is 0. The molecule has 0 amide bonds. The maximum atomic E-state index is 5.49. The van der Waals surface area contributed by atoms with Crippen molar-refractivity contribution < 1.29 is 0 Å². The van der Waals surface area contributed by atoms with Crippen LogP contribution in [0.5, 0.6) is 0 Å². The molecular formula is C8H15NS. The van der Waals surface area contributed by atoms with Gasteiger partial charge >= 0.3 is 0 Å². The molecular weight excluding hydrogens is 142 g/mol. The first-order valence-corrected chi connectivity index (χ1v) is 3.89. The molecule has 0 unspecified atom stereocenters. The molecule has 0 rings (SSSR count). The standard InChI is InChI=1S/C8H15NS/c1-6(2)8(5-9)4-7(3)10/h4,6H,5,9H2,1-3H3. The summed E-state index contributed by atoms with van der Waals surface area (Å²) in [6.45, 7) is 6.77. The fourth-order valence-corrected chi connectivity index (χ4v) is 0.874. The Kier molecular flexibility index (Phi) is 4.49. The molecule has 1 nitrogen and oxygen atoms in total. The summed E-state index contributed by atoms with van der Waals surface area (Å²) >= 11 is 4.93. The van der Waals surface area contributed by atoms with Crippen LogP contribution in [0.4, 0.5) is 0 Å². The quantitative estimate of drug-likeness (QED) is 0.500. The number of thiocarbonyl (C=S) groups is 1. The van der Waals surface area contributed by atoms with E-state index in [-0.39, 0.29) is 0 Å². The van der Waals surface area contributed by atoms with Crippen LogP contribution in [0.1, 0.15) is 20.8 Å². The van der Waals surface area contributed by atoms with Crippen LogP contribution in [-0.4, -0.2) is 11.4 Å². The maximum absolute atomic E-state index is 5.49. The van der Waals surface area contributed by atoms with Crippen LogP contribution in [0.15, 0.2) is 11.6 Å². The van der Waals surface area contributed by atoms with Crippen LogP contribution in [0.2, 0.25) is 0 Å². The lowest BCUT2D eigenvalue weighted by atomic mass is 10.0. The Morgan fingerprint density at radius 2 is 2.10 bits per heavy atom. The maximum Gasteiger partial charge on any atom is 0.0142 e. The summed E-state index contributed by atoms with van der Waals surface area (Å²) < 4.78 is 0. The minimum absolute atomic E-state index is 0.517. The summed E-state index contributed by atoms with van der Waals surface area (Å²) in [6, 6.07) is 0. The Bertz CT molecular complexity index is 147. The zero-order chi connectivity index (χ0) is 8.15. The van der Waals surface area contributed by atoms with Crippen molar-refractivity contribution in [2.24, 2.45) is 11.7 Å². The fourth-order valence-electron chi connectivity index (χ4n) is 0.722. The summed E-state index contributed by atoms with van der Waals surface area (Å²) in [4.78, 5) is 0.911. The zero-order valence-electron chi connectivity index (χ0n) is 6.85. The SMILES string of the molecule is CC(=S)C=C(CN)C(C)C. The molecule has 58 valence electrons. The molecule has 0 radical (unpaired) electrons. The predicted octanol–water partition coefficient (Wildman–Crippen LogP) is 1.92. The summed E-state index contributed by atoms with van der Waals surface area (Å²) in [6.07, 6.45) is 1.99. The van der Waals surface area contributed by atoms with Gasteiger partial charge in [-0.3, -0.25) is 0 Å². The molecule has 0 aromatic heterocycles. The van der Waals surface area contributed by atoms with Crippen molar-refractivity contribution in [3.63, 3.8) is 0 Å². The minimum atomic E-state index is 0.517. The second kappa shape index (κ2) is 4.58. The molecule has 0 bridgehead atoms. The van der Waals surface area contributed by atoms with Gasteiger partial charge in [-0.2, -0.15) is 0 Å². The van der Waals surface area contributed by atoms with Crippen molar-refractivity contribution in [3.8, 4) is 0 Å². The van der Waals surface area contributed by atoms with Gasteiger partial charge in [-0.25, -0.2) is 0 Å². The van der Waals surface area contributed by atoms with Crippen molar-refractivity contribution >= 4 is 17.1 Å². The lowest BCUT2D eigenvalue weighted by Gasteiger charge is -2.07. The van der Waals surface area contributed by atoms with E-state index in [4.69, 9.17) is 18.0 Å². The molecule has 0 aliphatic rings. The van der Waals surface area contributed by atoms with Crippen LogP contribution < -0.4 is 5.73 Å². The number of rotatable bonds is 3. The van der Waals surface area contributed by atoms with Gasteiger partial charge in [0.15, 0.2) is 0 Å². The highest BCUT2D eigenvalue weighted by molar-refractivity contribution is 7.80. The second-order valence-corrected chi connectivity index (χ2v) is 3.33. The van der Waals surface area contributed by atoms with E-state index in [0.717, 1.165) is 4.86 Å². The Labute approximate surface area is 68.3 Å². The van der Waals surface area contributed by atoms with Gasteiger partial charge in [0.25, 0.3) is 0 Å². The van der Waals surface area contributed by atoms with Crippen molar-refractivity contribution in [1.82, 2.24) is 0 Å². The van der Waals surface area contributed by atoms with E-state index in [2.05, 4.69) is 13.8 Å². The highest BCUT2D eigenvalue weighted by Gasteiger charge is 1.99. The third-order valence-electron chi connectivity index (χ3n) is 1.37. The molecule has 0 aromatic carbocycles. The largest absolute Gasteiger partial charge is 0.327 e. The molecule has 0 heterocycles. The highest BCUT2D eigenvalue weighted by Crippen LogP contribution is 2.07. The number of allylic oxidation sites excluding steroid dienone is 1. The van der Waals surface area contributed by atoms with Crippen LogP contribution in [0, 0.1) is 5.92 Å². The second-order valence-electron chi connectivity index (χ2n) is 2.69. The van der Waals surface area contributed by atoms with Crippen molar-refractivity contribution in [3.05, 3.63) is 11.6 Å². The van der Waals surface area contributed by atoms with Gasteiger partial charge in [0.05, 0.1) is 0 Å². The van der Waals surface area contributed by atoms with E-state index in [1.165, 1.54) is 5.57 Å². The smallest absolute Gasteiger partial charge is 0.0142 e. The molecule has 2 N–H and O–H groups in total. The highest BCUT2D eigenvalue weighted by atomic mass is 32.1. The summed E-state index contributed by atoms with van der Waals surface area (Å²) in [7, 11) is 0. The minimum Gasteiger partial charge on any atom is -0.327 e. The normalized spacial score (nSPS) is 12.3. The van der Waals surface area contributed by atoms with E-state index in [9.17, 15) is 0 Å². The first-order valence-electron chi connectivity index (χ1n) is 3.49. The molecule has 0 aliphatic carbocycles. The van der Waals surface area contributed by atoms with Crippen LogP contribution in [-0.2, 0) is 0 Å². The van der Waals surface area contributed by atoms with E-state index in [0.29, 0.717) is 12.5 Å². The topological polar surface area (TPSA) is 26.0 Å². The summed E-state index contributed by atoms with van der Waals surface area (Å²) in [5.74, 6) is 0.517. The predicted molar refractivity (Wildman–Crippen MR) is 50.2 cm³/mol. The van der Waals surface area contributed by atoms with E-state index < -0.39 is 0 Å². The average Bonchev–Trinajstić information content (AvgIpc) is 1.81. The van der Waals surface area contributed by atoms with Crippen LogP contribution >= 0.6 is 12.2 Å². The molecule has 0 spiro atoms. The van der Waals surface area contributed by atoms with E-state index in [1.54, 1.807) is 0 Å². The first kappa shape index (κ1) is 9.79. The Morgan fingerprint density at radius 3 is 2.20 bits per heavy atom.